The minimum atomic E-state index is -4.33. The molecule has 0 nitrogen and oxygen atoms in total. The normalized spacial score (nSPS) is 12.2. The highest BCUT2D eigenvalue weighted by molar-refractivity contribution is 9.10. The number of alkyl halides is 4. The molecule has 0 unspecified atom stereocenters. The third-order valence-electron chi connectivity index (χ3n) is 1.52. The molecular weight excluding hydrogens is 271 g/mol. The van der Waals surface area contributed by atoms with E-state index in [9.17, 15) is 22.0 Å². The molecule has 0 aliphatic heterocycles. The van der Waals surface area contributed by atoms with Gasteiger partial charge in [0.2, 0.25) is 0 Å². The highest BCUT2D eigenvalue weighted by Gasteiger charge is 2.43. The van der Waals surface area contributed by atoms with E-state index in [-0.39, 0.29) is 4.47 Å². The second-order valence-electron chi connectivity index (χ2n) is 2.58. The van der Waals surface area contributed by atoms with Crippen LogP contribution in [0.25, 0.3) is 0 Å². The number of hydrogen-bond donors (Lipinski definition) is 0. The van der Waals surface area contributed by atoms with Gasteiger partial charge < -0.3 is 0 Å². The van der Waals surface area contributed by atoms with E-state index in [0.717, 1.165) is 12.1 Å². The predicted molar refractivity (Wildman–Crippen MR) is 44.0 cm³/mol. The zero-order valence-corrected chi connectivity index (χ0v) is 8.16. The largest absolute Gasteiger partial charge is 0.332 e. The summed E-state index contributed by atoms with van der Waals surface area (Å²) in [4.78, 5) is 0. The van der Waals surface area contributed by atoms with Gasteiger partial charge in [-0.1, -0.05) is 15.9 Å². The molecule has 0 spiro atoms. The summed E-state index contributed by atoms with van der Waals surface area (Å²) in [7, 11) is 0. The van der Waals surface area contributed by atoms with Crippen molar-refractivity contribution in [1.29, 1.82) is 0 Å². The van der Waals surface area contributed by atoms with E-state index in [1.54, 1.807) is 0 Å². The summed E-state index contributed by atoms with van der Waals surface area (Å²) in [6, 6.07) is 2.05. The molecule has 78 valence electrons. The van der Waals surface area contributed by atoms with Crippen LogP contribution >= 0.6 is 15.9 Å². The van der Waals surface area contributed by atoms with Crippen LogP contribution in [0, 0.1) is 5.82 Å². The summed E-state index contributed by atoms with van der Waals surface area (Å²) in [5.41, 5.74) is -1.04. The molecule has 1 aromatic carbocycles. The van der Waals surface area contributed by atoms with E-state index in [2.05, 4.69) is 15.9 Å². The fourth-order valence-electron chi connectivity index (χ4n) is 0.872. The van der Waals surface area contributed by atoms with Crippen LogP contribution in [-0.2, 0) is 5.92 Å². The second-order valence-corrected chi connectivity index (χ2v) is 3.50. The highest BCUT2D eigenvalue weighted by Crippen LogP contribution is 2.35. The Morgan fingerprint density at radius 2 is 1.71 bits per heavy atom. The lowest BCUT2D eigenvalue weighted by atomic mass is 10.1. The molecule has 1 rings (SSSR count). The average Bonchev–Trinajstić information content (AvgIpc) is 2.01. The van der Waals surface area contributed by atoms with E-state index >= 15 is 0 Å². The molecule has 0 atom stereocenters. The molecule has 0 amide bonds. The first kappa shape index (κ1) is 11.4. The summed E-state index contributed by atoms with van der Waals surface area (Å²) in [5.74, 6) is -5.32. The van der Waals surface area contributed by atoms with Gasteiger partial charge in [0.15, 0.2) is 0 Å². The maximum Gasteiger partial charge on any atom is 0.332 e. The fourth-order valence-corrected chi connectivity index (χ4v) is 1.34. The van der Waals surface area contributed by atoms with Gasteiger partial charge in [-0.05, 0) is 18.2 Å². The molecule has 1 aromatic rings. The molecule has 0 radical (unpaired) electrons. The third-order valence-corrected chi connectivity index (χ3v) is 1.98. The van der Waals surface area contributed by atoms with Crippen molar-refractivity contribution in [3.63, 3.8) is 0 Å². The van der Waals surface area contributed by atoms with Gasteiger partial charge in [-0.3, -0.25) is 0 Å². The van der Waals surface area contributed by atoms with Crippen LogP contribution in [0.15, 0.2) is 22.7 Å². The van der Waals surface area contributed by atoms with Crippen molar-refractivity contribution < 1.29 is 22.0 Å². The topological polar surface area (TPSA) is 0 Å². The van der Waals surface area contributed by atoms with Crippen LogP contribution in [0.5, 0.6) is 0 Å². The van der Waals surface area contributed by atoms with Gasteiger partial charge in [0.05, 0.1) is 0 Å². The van der Waals surface area contributed by atoms with Gasteiger partial charge in [-0.25, -0.2) is 13.2 Å². The van der Waals surface area contributed by atoms with Crippen LogP contribution in [-0.4, -0.2) is 6.43 Å². The monoisotopic (exact) mass is 274 g/mol. The van der Waals surface area contributed by atoms with Crippen LogP contribution < -0.4 is 0 Å². The second kappa shape index (κ2) is 3.84. The Labute approximate surface area is 84.9 Å². The first-order chi connectivity index (χ1) is 6.34. The summed E-state index contributed by atoms with van der Waals surface area (Å²) >= 11 is 2.74. The third kappa shape index (κ3) is 2.23. The predicted octanol–water partition coefficient (Wildman–Crippen LogP) is 3.95. The Balaban J connectivity index is 3.18. The molecule has 6 heteroatoms. The Bertz CT molecular complexity index is 316. The van der Waals surface area contributed by atoms with Crippen molar-refractivity contribution >= 4 is 15.9 Å². The van der Waals surface area contributed by atoms with Gasteiger partial charge in [0.25, 0.3) is 0 Å². The summed E-state index contributed by atoms with van der Waals surface area (Å²) in [6.07, 6.45) is -3.85. The molecule has 0 aromatic heterocycles. The molecule has 0 saturated heterocycles. The van der Waals surface area contributed by atoms with Crippen LogP contribution in [0.3, 0.4) is 0 Å². The van der Waals surface area contributed by atoms with Crippen LogP contribution in [0.1, 0.15) is 5.56 Å². The quantitative estimate of drug-likeness (QED) is 0.717. The standard InChI is InChI=1S/C8H4BrF5/c9-5-1-4(2-6(10)3-5)8(13,14)7(11)12/h1-3,7H. The number of hydrogen-bond acceptors (Lipinski definition) is 0. The zero-order chi connectivity index (χ0) is 10.9. The van der Waals surface area contributed by atoms with Crippen molar-refractivity contribution in [2.75, 3.05) is 0 Å². The summed E-state index contributed by atoms with van der Waals surface area (Å²) in [5, 5.41) is 0. The Morgan fingerprint density at radius 1 is 1.14 bits per heavy atom. The minimum Gasteiger partial charge on any atom is -0.207 e. The van der Waals surface area contributed by atoms with Crippen LogP contribution in [0.2, 0.25) is 0 Å². The SMILES string of the molecule is Fc1cc(Br)cc(C(F)(F)C(F)F)c1. The fraction of sp³-hybridized carbons (Fsp3) is 0.250. The maximum absolute atomic E-state index is 12.7. The van der Waals surface area contributed by atoms with Crippen molar-refractivity contribution in [3.8, 4) is 0 Å². The Hall–Kier alpha value is -0.650. The molecule has 0 N–H and O–H groups in total. The number of rotatable bonds is 2. The molecule has 0 heterocycles. The van der Waals surface area contributed by atoms with Gasteiger partial charge in [-0.2, -0.15) is 8.78 Å². The highest BCUT2D eigenvalue weighted by atomic mass is 79.9. The minimum absolute atomic E-state index is 0.00664. The summed E-state index contributed by atoms with van der Waals surface area (Å²) in [6.45, 7) is 0. The molecule has 0 aliphatic carbocycles. The molecule has 14 heavy (non-hydrogen) atoms. The molecule has 0 saturated carbocycles. The van der Waals surface area contributed by atoms with Gasteiger partial charge in [-0.15, -0.1) is 0 Å². The Morgan fingerprint density at radius 3 is 2.14 bits per heavy atom. The van der Waals surface area contributed by atoms with E-state index in [1.165, 1.54) is 0 Å². The van der Waals surface area contributed by atoms with E-state index in [0.29, 0.717) is 6.07 Å². The van der Waals surface area contributed by atoms with E-state index < -0.39 is 23.7 Å². The first-order valence-corrected chi connectivity index (χ1v) is 4.26. The first-order valence-electron chi connectivity index (χ1n) is 3.46. The molecule has 0 aliphatic rings. The number of benzene rings is 1. The van der Waals surface area contributed by atoms with Crippen LogP contribution in [0.4, 0.5) is 22.0 Å². The van der Waals surface area contributed by atoms with E-state index in [1.807, 2.05) is 0 Å². The van der Waals surface area contributed by atoms with Gasteiger partial charge in [0.1, 0.15) is 5.82 Å². The van der Waals surface area contributed by atoms with Crippen molar-refractivity contribution in [1.82, 2.24) is 0 Å². The lowest BCUT2D eigenvalue weighted by Crippen LogP contribution is -2.23. The lowest BCUT2D eigenvalue weighted by molar-refractivity contribution is -0.135. The smallest absolute Gasteiger partial charge is 0.207 e. The maximum atomic E-state index is 12.7. The van der Waals surface area contributed by atoms with E-state index in [4.69, 9.17) is 0 Å². The van der Waals surface area contributed by atoms with Gasteiger partial charge >= 0.3 is 12.3 Å². The van der Waals surface area contributed by atoms with Crippen molar-refractivity contribution in [3.05, 3.63) is 34.1 Å². The molecule has 0 fully saturated rings. The Kier molecular flexibility index (Phi) is 3.14. The van der Waals surface area contributed by atoms with Gasteiger partial charge in [0, 0.05) is 10.0 Å². The number of halogens is 6. The zero-order valence-electron chi connectivity index (χ0n) is 6.58. The molecular formula is C8H4BrF5. The summed E-state index contributed by atoms with van der Waals surface area (Å²) < 4.78 is 61.8. The average molecular weight is 275 g/mol. The molecule has 0 bridgehead atoms. The van der Waals surface area contributed by atoms with Crippen molar-refractivity contribution in [2.24, 2.45) is 0 Å². The van der Waals surface area contributed by atoms with Crippen molar-refractivity contribution in [2.45, 2.75) is 12.3 Å². The lowest BCUT2D eigenvalue weighted by Gasteiger charge is -2.15.